The number of hydrogen-bond donors (Lipinski definition) is 1. The standard InChI is InChI=1S/C48H38N4/c1-30-5-13-34(14-6-30)45-43-26-23-40(51-43)28-39-20-19-37(49-39)27-38-21-22-41(50-38)29-44-46(35-15-7-31(2)8-16-35)47(36-17-9-32(3)10-18-36)48(45)52(44)42-24-11-33(4)12-25-42/h5-29,49H,1-4H3. The third-order valence-corrected chi connectivity index (χ3v) is 9.98. The monoisotopic (exact) mass is 670 g/mol. The largest absolute Gasteiger partial charge is 0.355 e. The number of aromatic amines is 1. The molecule has 0 fully saturated rings. The van der Waals surface area contributed by atoms with E-state index >= 15 is 0 Å². The van der Waals surface area contributed by atoms with E-state index in [4.69, 9.17) is 9.97 Å². The molecule has 4 nitrogen and oxygen atoms in total. The van der Waals surface area contributed by atoms with Crippen LogP contribution in [0, 0.1) is 27.7 Å². The van der Waals surface area contributed by atoms with Crippen LogP contribution in [0.2, 0.25) is 0 Å². The zero-order valence-electron chi connectivity index (χ0n) is 29.8. The van der Waals surface area contributed by atoms with E-state index in [1.54, 1.807) is 0 Å². The number of benzene rings is 4. The molecular weight excluding hydrogens is 633 g/mol. The molecule has 250 valence electrons. The van der Waals surface area contributed by atoms with Gasteiger partial charge in [0.25, 0.3) is 0 Å². The Labute approximate surface area is 304 Å². The third-order valence-electron chi connectivity index (χ3n) is 9.98. The van der Waals surface area contributed by atoms with Crippen molar-refractivity contribution in [3.63, 3.8) is 0 Å². The molecule has 3 aromatic heterocycles. The highest BCUT2D eigenvalue weighted by Gasteiger charge is 2.25. The number of hydrogen-bond acceptors (Lipinski definition) is 2. The van der Waals surface area contributed by atoms with Crippen molar-refractivity contribution in [2.45, 2.75) is 27.7 Å². The zero-order valence-corrected chi connectivity index (χ0v) is 29.8. The molecule has 4 aromatic carbocycles. The normalized spacial score (nSPS) is 12.1. The van der Waals surface area contributed by atoms with Gasteiger partial charge in [0, 0.05) is 33.4 Å². The van der Waals surface area contributed by atoms with E-state index in [0.717, 1.165) is 83.9 Å². The Bertz CT molecular complexity index is 2720. The molecule has 0 unspecified atom stereocenters. The molecule has 52 heavy (non-hydrogen) atoms. The highest BCUT2D eigenvalue weighted by Crippen LogP contribution is 2.47. The van der Waals surface area contributed by atoms with Gasteiger partial charge in [0.05, 0.1) is 33.8 Å². The molecule has 4 heteroatoms. The van der Waals surface area contributed by atoms with E-state index in [9.17, 15) is 0 Å². The summed E-state index contributed by atoms with van der Waals surface area (Å²) < 4.78 is 2.44. The summed E-state index contributed by atoms with van der Waals surface area (Å²) in [6.07, 6.45) is 8.50. The van der Waals surface area contributed by atoms with Crippen molar-refractivity contribution < 1.29 is 0 Å². The molecule has 0 radical (unpaired) electrons. The van der Waals surface area contributed by atoms with Gasteiger partial charge in [-0.3, -0.25) is 0 Å². The Balaban J connectivity index is 1.60. The molecule has 0 saturated heterocycles. The van der Waals surface area contributed by atoms with Gasteiger partial charge in [0.1, 0.15) is 0 Å². The maximum absolute atomic E-state index is 5.35. The molecule has 1 N–H and O–H groups in total. The first kappa shape index (κ1) is 31.5. The Morgan fingerprint density at radius 3 is 1.42 bits per heavy atom. The van der Waals surface area contributed by atoms with Crippen molar-refractivity contribution in [1.29, 1.82) is 0 Å². The van der Waals surface area contributed by atoms with Crippen LogP contribution >= 0.6 is 0 Å². The van der Waals surface area contributed by atoms with Crippen LogP contribution in [-0.4, -0.2) is 19.5 Å². The average molecular weight is 671 g/mol. The first-order chi connectivity index (χ1) is 25.4. The van der Waals surface area contributed by atoms with Gasteiger partial charge in [0.15, 0.2) is 0 Å². The predicted molar refractivity (Wildman–Crippen MR) is 219 cm³/mol. The molecule has 2 aliphatic heterocycles. The Morgan fingerprint density at radius 2 is 0.865 bits per heavy atom. The lowest BCUT2D eigenvalue weighted by Gasteiger charge is -2.14. The topological polar surface area (TPSA) is 46.5 Å². The highest BCUT2D eigenvalue weighted by atomic mass is 15.0. The van der Waals surface area contributed by atoms with Gasteiger partial charge in [-0.15, -0.1) is 0 Å². The van der Waals surface area contributed by atoms with Crippen LogP contribution in [-0.2, 0) is 0 Å². The van der Waals surface area contributed by atoms with Crippen molar-refractivity contribution in [3.8, 4) is 39.1 Å². The molecule has 0 atom stereocenters. The van der Waals surface area contributed by atoms with Gasteiger partial charge in [-0.2, -0.15) is 0 Å². The Morgan fingerprint density at radius 1 is 0.423 bits per heavy atom. The van der Waals surface area contributed by atoms with Crippen molar-refractivity contribution in [2.24, 2.45) is 0 Å². The van der Waals surface area contributed by atoms with Gasteiger partial charge in [-0.05, 0) is 111 Å². The summed E-state index contributed by atoms with van der Waals surface area (Å²) in [6.45, 7) is 8.57. The Hall–Kier alpha value is -6.52. The first-order valence-electron chi connectivity index (χ1n) is 17.8. The number of rotatable bonds is 4. The van der Waals surface area contributed by atoms with Crippen molar-refractivity contribution in [2.75, 3.05) is 0 Å². The molecular formula is C48H38N4. The number of aryl methyl sites for hydroxylation is 4. The van der Waals surface area contributed by atoms with Crippen LogP contribution in [0.25, 0.3) is 85.4 Å². The van der Waals surface area contributed by atoms with Crippen molar-refractivity contribution in [1.82, 2.24) is 19.5 Å². The summed E-state index contributed by atoms with van der Waals surface area (Å²) in [5, 5.41) is 0. The van der Waals surface area contributed by atoms with E-state index in [0.29, 0.717) is 0 Å². The fraction of sp³-hybridized carbons (Fsp3) is 0.0833. The maximum Gasteiger partial charge on any atom is 0.0737 e. The van der Waals surface area contributed by atoms with Crippen LogP contribution in [0.1, 0.15) is 45.0 Å². The predicted octanol–water partition coefficient (Wildman–Crippen LogP) is 12.4. The molecule has 5 heterocycles. The third kappa shape index (κ3) is 5.78. The van der Waals surface area contributed by atoms with Gasteiger partial charge < -0.3 is 9.55 Å². The molecule has 2 aliphatic rings. The summed E-state index contributed by atoms with van der Waals surface area (Å²) in [5.41, 5.74) is 20.4. The van der Waals surface area contributed by atoms with Gasteiger partial charge >= 0.3 is 0 Å². The fourth-order valence-electron chi connectivity index (χ4n) is 7.28. The number of nitrogens with zero attached hydrogens (tertiary/aromatic N) is 3. The van der Waals surface area contributed by atoms with E-state index in [1.165, 1.54) is 22.3 Å². The molecule has 9 rings (SSSR count). The fourth-order valence-corrected chi connectivity index (χ4v) is 7.28. The minimum atomic E-state index is 0.892. The van der Waals surface area contributed by atoms with Gasteiger partial charge in [0.2, 0.25) is 0 Å². The summed E-state index contributed by atoms with van der Waals surface area (Å²) in [5.74, 6) is 0. The Kier molecular flexibility index (Phi) is 7.66. The summed E-state index contributed by atoms with van der Waals surface area (Å²) >= 11 is 0. The highest BCUT2D eigenvalue weighted by molar-refractivity contribution is 6.10. The summed E-state index contributed by atoms with van der Waals surface area (Å²) in [6, 6.07) is 46.2. The van der Waals surface area contributed by atoms with Crippen LogP contribution < -0.4 is 0 Å². The number of H-pyrrole nitrogens is 1. The lowest BCUT2D eigenvalue weighted by Crippen LogP contribution is -1.97. The van der Waals surface area contributed by atoms with Crippen LogP contribution in [0.15, 0.2) is 127 Å². The summed E-state index contributed by atoms with van der Waals surface area (Å²) in [7, 11) is 0. The SMILES string of the molecule is Cc1ccc(-c2c(-c3ccc(C)cc3)c3c(-c4ccc(C)cc4)c4nc(cc5ccc(cc6nc(cc2n3-c2ccc(C)cc2)C=C6)[nH]5)C=C4)cc1. The van der Waals surface area contributed by atoms with Crippen LogP contribution in [0.4, 0.5) is 0 Å². The van der Waals surface area contributed by atoms with E-state index in [2.05, 4.69) is 189 Å². The van der Waals surface area contributed by atoms with Gasteiger partial charge in [-0.25, -0.2) is 9.97 Å². The number of fused-ring (bicyclic) bond motifs is 8. The molecule has 0 spiro atoms. The lowest BCUT2D eigenvalue weighted by molar-refractivity contribution is 1.17. The molecule has 0 amide bonds. The number of nitrogens with one attached hydrogen (secondary N) is 1. The zero-order chi connectivity index (χ0) is 35.3. The average Bonchev–Trinajstić information content (AvgIpc) is 3.95. The van der Waals surface area contributed by atoms with Crippen LogP contribution in [0.5, 0.6) is 0 Å². The van der Waals surface area contributed by atoms with Crippen molar-refractivity contribution >= 4 is 46.4 Å². The van der Waals surface area contributed by atoms with E-state index in [1.807, 2.05) is 0 Å². The number of aromatic nitrogens is 4. The second-order valence-corrected chi connectivity index (χ2v) is 14.0. The smallest absolute Gasteiger partial charge is 0.0737 e. The van der Waals surface area contributed by atoms with Crippen molar-refractivity contribution in [3.05, 3.63) is 172 Å². The van der Waals surface area contributed by atoms with E-state index < -0.39 is 0 Å². The van der Waals surface area contributed by atoms with Crippen LogP contribution in [0.3, 0.4) is 0 Å². The summed E-state index contributed by atoms with van der Waals surface area (Å²) in [4.78, 5) is 14.0. The molecule has 7 aromatic rings. The molecule has 0 saturated carbocycles. The molecule has 8 bridgehead atoms. The lowest BCUT2D eigenvalue weighted by atomic mass is 9.92. The molecule has 0 aliphatic carbocycles. The van der Waals surface area contributed by atoms with E-state index in [-0.39, 0.29) is 0 Å². The minimum Gasteiger partial charge on any atom is -0.355 e. The van der Waals surface area contributed by atoms with Gasteiger partial charge in [-0.1, -0.05) is 107 Å². The first-order valence-corrected chi connectivity index (χ1v) is 17.8. The second-order valence-electron chi connectivity index (χ2n) is 14.0. The second kappa shape index (κ2) is 12.7. The minimum absolute atomic E-state index is 0.892. The quantitative estimate of drug-likeness (QED) is 0.203. The maximum atomic E-state index is 5.35.